The topological polar surface area (TPSA) is 47.7 Å². The summed E-state index contributed by atoms with van der Waals surface area (Å²) in [6, 6.07) is 4.05. The molecule has 1 heterocycles. The number of hydrogen-bond donors (Lipinski definition) is 1. The van der Waals surface area contributed by atoms with E-state index in [4.69, 9.17) is 15.2 Å². The number of fused-ring (bicyclic) bond motifs is 1. The van der Waals surface area contributed by atoms with Crippen LogP contribution in [0.2, 0.25) is 0 Å². The van der Waals surface area contributed by atoms with Gasteiger partial charge in [0.15, 0.2) is 0 Å². The van der Waals surface area contributed by atoms with Gasteiger partial charge in [-0.2, -0.15) is 0 Å². The molecule has 4 heteroatoms. The molecular formula is C14H22N2O2. The molecule has 0 saturated heterocycles. The average molecular weight is 250 g/mol. The zero-order valence-electron chi connectivity index (χ0n) is 11.4. The molecule has 18 heavy (non-hydrogen) atoms. The summed E-state index contributed by atoms with van der Waals surface area (Å²) in [5.74, 6) is 2.10. The summed E-state index contributed by atoms with van der Waals surface area (Å²) in [6.45, 7) is 5.80. The van der Waals surface area contributed by atoms with Gasteiger partial charge in [0.1, 0.15) is 11.5 Å². The zero-order chi connectivity index (χ0) is 13.1. The highest BCUT2D eigenvalue weighted by molar-refractivity contribution is 5.49. The first-order chi connectivity index (χ1) is 8.73. The first kappa shape index (κ1) is 13.2. The van der Waals surface area contributed by atoms with Crippen LogP contribution in [0, 0.1) is 0 Å². The number of likely N-dealkylation sites (N-methyl/N-ethyl adjacent to an activating group) is 1. The van der Waals surface area contributed by atoms with Crippen LogP contribution in [0.4, 0.5) is 0 Å². The second-order valence-corrected chi connectivity index (χ2v) is 4.66. The predicted molar refractivity (Wildman–Crippen MR) is 72.3 cm³/mol. The van der Waals surface area contributed by atoms with Crippen molar-refractivity contribution < 1.29 is 9.47 Å². The summed E-state index contributed by atoms with van der Waals surface area (Å²) >= 11 is 0. The standard InChI is InChI=1S/C14H22N2O2/c1-4-16-8-10(7-15)12-5-11(17-2)6-14(18-3)13(12)9-16/h5-6,10H,4,7-9,15H2,1-3H3. The van der Waals surface area contributed by atoms with E-state index in [9.17, 15) is 0 Å². The van der Waals surface area contributed by atoms with Crippen LogP contribution in [0.15, 0.2) is 12.1 Å². The zero-order valence-corrected chi connectivity index (χ0v) is 11.4. The second kappa shape index (κ2) is 5.59. The molecule has 4 nitrogen and oxygen atoms in total. The third-order valence-electron chi connectivity index (χ3n) is 3.70. The van der Waals surface area contributed by atoms with Crippen molar-refractivity contribution in [3.63, 3.8) is 0 Å². The van der Waals surface area contributed by atoms with Crippen molar-refractivity contribution in [2.24, 2.45) is 5.73 Å². The van der Waals surface area contributed by atoms with E-state index in [2.05, 4.69) is 17.9 Å². The van der Waals surface area contributed by atoms with Crippen LogP contribution in [0.3, 0.4) is 0 Å². The summed E-state index contributed by atoms with van der Waals surface area (Å²) in [6.07, 6.45) is 0. The van der Waals surface area contributed by atoms with E-state index in [-0.39, 0.29) is 0 Å². The highest BCUT2D eigenvalue weighted by Crippen LogP contribution is 2.37. The Balaban J connectivity index is 2.48. The Kier molecular flexibility index (Phi) is 4.09. The summed E-state index contributed by atoms with van der Waals surface area (Å²) < 4.78 is 10.8. The number of nitrogens with zero attached hydrogens (tertiary/aromatic N) is 1. The van der Waals surface area contributed by atoms with Gasteiger partial charge in [-0.05, 0) is 18.2 Å². The van der Waals surface area contributed by atoms with E-state index in [1.165, 1.54) is 11.1 Å². The Hall–Kier alpha value is -1.26. The largest absolute Gasteiger partial charge is 0.497 e. The summed E-state index contributed by atoms with van der Waals surface area (Å²) in [5, 5.41) is 0. The maximum Gasteiger partial charge on any atom is 0.127 e. The number of benzene rings is 1. The molecule has 0 spiro atoms. The van der Waals surface area contributed by atoms with Crippen LogP contribution in [0.5, 0.6) is 11.5 Å². The van der Waals surface area contributed by atoms with Gasteiger partial charge in [0.2, 0.25) is 0 Å². The SMILES string of the molecule is CCN1Cc2c(OC)cc(OC)cc2C(CN)C1. The van der Waals surface area contributed by atoms with E-state index in [1.807, 2.05) is 6.07 Å². The molecule has 0 saturated carbocycles. The fourth-order valence-electron chi connectivity index (χ4n) is 2.61. The van der Waals surface area contributed by atoms with Gasteiger partial charge in [-0.3, -0.25) is 4.90 Å². The van der Waals surface area contributed by atoms with Crippen molar-refractivity contribution in [2.75, 3.05) is 33.9 Å². The molecule has 0 bridgehead atoms. The van der Waals surface area contributed by atoms with Gasteiger partial charge in [0, 0.05) is 37.2 Å². The summed E-state index contributed by atoms with van der Waals surface area (Å²) in [4.78, 5) is 2.40. The van der Waals surface area contributed by atoms with Crippen LogP contribution >= 0.6 is 0 Å². The molecule has 2 N–H and O–H groups in total. The number of ether oxygens (including phenoxy) is 2. The van der Waals surface area contributed by atoms with Gasteiger partial charge in [-0.25, -0.2) is 0 Å². The summed E-state index contributed by atoms with van der Waals surface area (Å²) in [7, 11) is 3.39. The monoisotopic (exact) mass is 250 g/mol. The lowest BCUT2D eigenvalue weighted by molar-refractivity contribution is 0.237. The molecule has 1 aromatic carbocycles. The minimum atomic E-state index is 0.359. The van der Waals surface area contributed by atoms with E-state index in [0.717, 1.165) is 31.1 Å². The molecule has 100 valence electrons. The van der Waals surface area contributed by atoms with Crippen molar-refractivity contribution in [1.82, 2.24) is 4.90 Å². The number of rotatable bonds is 4. The Bertz CT molecular complexity index is 421. The Labute approximate surface area is 109 Å². The van der Waals surface area contributed by atoms with Crippen LogP contribution in [-0.4, -0.2) is 38.8 Å². The molecule has 0 amide bonds. The highest BCUT2D eigenvalue weighted by atomic mass is 16.5. The Morgan fingerprint density at radius 2 is 2.11 bits per heavy atom. The molecule has 0 aliphatic carbocycles. The number of hydrogen-bond acceptors (Lipinski definition) is 4. The lowest BCUT2D eigenvalue weighted by Crippen LogP contribution is -2.36. The lowest BCUT2D eigenvalue weighted by Gasteiger charge is -2.34. The van der Waals surface area contributed by atoms with Crippen molar-refractivity contribution in [3.8, 4) is 11.5 Å². The van der Waals surface area contributed by atoms with Crippen molar-refractivity contribution >= 4 is 0 Å². The second-order valence-electron chi connectivity index (χ2n) is 4.66. The fraction of sp³-hybridized carbons (Fsp3) is 0.571. The fourth-order valence-corrected chi connectivity index (χ4v) is 2.61. The van der Waals surface area contributed by atoms with Crippen molar-refractivity contribution in [2.45, 2.75) is 19.4 Å². The highest BCUT2D eigenvalue weighted by Gasteiger charge is 2.26. The molecule has 0 aromatic heterocycles. The molecule has 1 atom stereocenters. The van der Waals surface area contributed by atoms with E-state index in [0.29, 0.717) is 12.5 Å². The van der Waals surface area contributed by atoms with Crippen LogP contribution < -0.4 is 15.2 Å². The first-order valence-electron chi connectivity index (χ1n) is 6.40. The Morgan fingerprint density at radius 1 is 1.33 bits per heavy atom. The molecule has 1 aromatic rings. The minimum absolute atomic E-state index is 0.359. The minimum Gasteiger partial charge on any atom is -0.497 e. The molecule has 2 rings (SSSR count). The third-order valence-corrected chi connectivity index (χ3v) is 3.70. The van der Waals surface area contributed by atoms with Gasteiger partial charge >= 0.3 is 0 Å². The summed E-state index contributed by atoms with van der Waals surface area (Å²) in [5.41, 5.74) is 8.44. The maximum absolute atomic E-state index is 5.91. The van der Waals surface area contributed by atoms with E-state index < -0.39 is 0 Å². The van der Waals surface area contributed by atoms with Gasteiger partial charge in [0.05, 0.1) is 14.2 Å². The van der Waals surface area contributed by atoms with Crippen LogP contribution in [0.25, 0.3) is 0 Å². The van der Waals surface area contributed by atoms with Gasteiger partial charge in [0.25, 0.3) is 0 Å². The Morgan fingerprint density at radius 3 is 2.67 bits per heavy atom. The maximum atomic E-state index is 5.91. The van der Waals surface area contributed by atoms with E-state index in [1.54, 1.807) is 14.2 Å². The quantitative estimate of drug-likeness (QED) is 0.881. The first-order valence-corrected chi connectivity index (χ1v) is 6.40. The van der Waals surface area contributed by atoms with Gasteiger partial charge in [-0.1, -0.05) is 6.92 Å². The molecule has 1 aliphatic rings. The number of methoxy groups -OCH3 is 2. The predicted octanol–water partition coefficient (Wildman–Crippen LogP) is 1.58. The smallest absolute Gasteiger partial charge is 0.127 e. The molecule has 1 unspecified atom stereocenters. The van der Waals surface area contributed by atoms with Crippen LogP contribution in [-0.2, 0) is 6.54 Å². The van der Waals surface area contributed by atoms with E-state index >= 15 is 0 Å². The lowest BCUT2D eigenvalue weighted by atomic mass is 9.89. The normalized spacial score (nSPS) is 19.4. The van der Waals surface area contributed by atoms with Crippen molar-refractivity contribution in [1.29, 1.82) is 0 Å². The molecule has 0 radical (unpaired) electrons. The average Bonchev–Trinajstić information content (AvgIpc) is 2.44. The van der Waals surface area contributed by atoms with Crippen LogP contribution in [0.1, 0.15) is 24.0 Å². The van der Waals surface area contributed by atoms with Gasteiger partial charge < -0.3 is 15.2 Å². The van der Waals surface area contributed by atoms with Gasteiger partial charge in [-0.15, -0.1) is 0 Å². The number of nitrogens with two attached hydrogens (primary N) is 1. The molecule has 0 fully saturated rings. The molecule has 1 aliphatic heterocycles. The third kappa shape index (κ3) is 2.31. The van der Waals surface area contributed by atoms with Crippen molar-refractivity contribution in [3.05, 3.63) is 23.3 Å². The molecular weight excluding hydrogens is 228 g/mol.